The molecule has 0 aliphatic rings. The van der Waals surface area contributed by atoms with Crippen molar-refractivity contribution in [3.05, 3.63) is 97.2 Å². The van der Waals surface area contributed by atoms with Gasteiger partial charge in [-0.05, 0) is 83.1 Å². The number of esters is 2. The molecule has 0 aromatic rings. The van der Waals surface area contributed by atoms with E-state index in [2.05, 4.69) is 91.3 Å². The largest absolute Gasteiger partial charge is 0.469 e. The highest BCUT2D eigenvalue weighted by Gasteiger charge is 2.23. The van der Waals surface area contributed by atoms with Crippen molar-refractivity contribution in [3.8, 4) is 0 Å². The zero-order chi connectivity index (χ0) is 39.1. The molecule has 0 bridgehead atoms. The van der Waals surface area contributed by atoms with Crippen LogP contribution in [0.1, 0.15) is 136 Å². The van der Waals surface area contributed by atoms with Crippen LogP contribution in [0.15, 0.2) is 97.2 Å². The summed E-state index contributed by atoms with van der Waals surface area (Å²) >= 11 is 0. The topological polar surface area (TPSA) is 136 Å². The Hall–Kier alpha value is -3.36. The predicted molar refractivity (Wildman–Crippen MR) is 216 cm³/mol. The van der Waals surface area contributed by atoms with Crippen LogP contribution in [0.5, 0.6) is 0 Å². The molecule has 53 heavy (non-hydrogen) atoms. The molecule has 0 heterocycles. The van der Waals surface area contributed by atoms with Crippen molar-refractivity contribution in [1.29, 1.82) is 0 Å². The Kier molecular flexibility index (Phi) is 34.6. The van der Waals surface area contributed by atoms with E-state index in [1.165, 1.54) is 25.3 Å². The first-order valence-corrected chi connectivity index (χ1v) is 21.0. The molecule has 298 valence electrons. The van der Waals surface area contributed by atoms with E-state index < -0.39 is 39.1 Å². The van der Waals surface area contributed by atoms with Gasteiger partial charge in [0.2, 0.25) is 0 Å². The number of unbranched alkanes of at least 4 members (excludes halogenated alkanes) is 7. The summed E-state index contributed by atoms with van der Waals surface area (Å²) < 4.78 is 26.1. The van der Waals surface area contributed by atoms with Gasteiger partial charge in [0.25, 0.3) is 0 Å². The fourth-order valence-electron chi connectivity index (χ4n) is 4.67. The maximum atomic E-state index is 12.4. The van der Waals surface area contributed by atoms with Crippen molar-refractivity contribution in [2.45, 2.75) is 142 Å². The molecule has 0 aliphatic carbocycles. The minimum atomic E-state index is -4.82. The number of hydrogen-bond donors (Lipinski definition) is 2. The molecule has 0 aromatic carbocycles. The molecule has 0 spiro atoms. The van der Waals surface area contributed by atoms with Crippen molar-refractivity contribution in [2.75, 3.05) is 13.2 Å². The molecule has 0 saturated heterocycles. The number of ketones is 1. The first-order valence-electron chi connectivity index (χ1n) is 19.5. The van der Waals surface area contributed by atoms with Crippen LogP contribution in [0.4, 0.5) is 0 Å². The third kappa shape index (κ3) is 39.7. The van der Waals surface area contributed by atoms with Crippen LogP contribution >= 0.6 is 7.82 Å². The summed E-state index contributed by atoms with van der Waals surface area (Å²) in [7, 11) is -4.82. The molecule has 0 saturated carbocycles. The van der Waals surface area contributed by atoms with Crippen molar-refractivity contribution in [3.63, 3.8) is 0 Å². The second-order valence-electron chi connectivity index (χ2n) is 12.6. The number of carbonyl (C=O) groups excluding carboxylic acids is 3. The van der Waals surface area contributed by atoms with Crippen LogP contribution in [-0.4, -0.2) is 46.8 Å². The minimum Gasteiger partial charge on any atom is -0.462 e. The summed E-state index contributed by atoms with van der Waals surface area (Å²) in [6.45, 7) is 3.29. The van der Waals surface area contributed by atoms with Gasteiger partial charge in [0.05, 0.1) is 6.61 Å². The average Bonchev–Trinajstić information content (AvgIpc) is 3.12. The molecule has 1 atom stereocenters. The molecule has 2 N–H and O–H groups in total. The lowest BCUT2D eigenvalue weighted by atomic mass is 10.1. The number of ether oxygens (including phenoxy) is 2. The average molecular weight is 759 g/mol. The van der Waals surface area contributed by atoms with Crippen LogP contribution < -0.4 is 0 Å². The Bertz CT molecular complexity index is 1230. The van der Waals surface area contributed by atoms with Gasteiger partial charge in [-0.2, -0.15) is 0 Å². The van der Waals surface area contributed by atoms with E-state index >= 15 is 0 Å². The van der Waals surface area contributed by atoms with E-state index in [0.717, 1.165) is 70.6 Å². The highest BCUT2D eigenvalue weighted by molar-refractivity contribution is 7.46. The van der Waals surface area contributed by atoms with E-state index in [4.69, 9.17) is 19.3 Å². The third-order valence-electron chi connectivity index (χ3n) is 7.56. The number of carbonyl (C=O) groups is 3. The lowest BCUT2D eigenvalue weighted by molar-refractivity contribution is -0.161. The number of rotatable bonds is 34. The number of allylic oxidation sites excluding steroid dienone is 16. The number of phosphoric ester groups is 1. The summed E-state index contributed by atoms with van der Waals surface area (Å²) in [6, 6.07) is 0. The summed E-state index contributed by atoms with van der Waals surface area (Å²) in [6.07, 6.45) is 47.0. The molecule has 0 radical (unpaired) electrons. The lowest BCUT2D eigenvalue weighted by Crippen LogP contribution is -2.29. The Morgan fingerprint density at radius 1 is 0.566 bits per heavy atom. The van der Waals surface area contributed by atoms with E-state index in [0.29, 0.717) is 6.42 Å². The monoisotopic (exact) mass is 758 g/mol. The van der Waals surface area contributed by atoms with E-state index in [-0.39, 0.29) is 31.5 Å². The Morgan fingerprint density at radius 2 is 1.09 bits per heavy atom. The van der Waals surface area contributed by atoms with Gasteiger partial charge in [0.15, 0.2) is 11.9 Å². The number of phosphoric acid groups is 1. The first kappa shape index (κ1) is 49.6. The molecule has 0 rings (SSSR count). The normalized spacial score (nSPS) is 13.4. The van der Waals surface area contributed by atoms with Gasteiger partial charge in [0, 0.05) is 19.3 Å². The smallest absolute Gasteiger partial charge is 0.462 e. The highest BCUT2D eigenvalue weighted by Crippen LogP contribution is 2.35. The molecule has 10 heteroatoms. The van der Waals surface area contributed by atoms with Gasteiger partial charge in [0.1, 0.15) is 6.61 Å². The van der Waals surface area contributed by atoms with Crippen LogP contribution in [0.2, 0.25) is 0 Å². The Labute approximate surface area is 320 Å². The third-order valence-corrected chi connectivity index (χ3v) is 8.05. The summed E-state index contributed by atoms with van der Waals surface area (Å²) in [5, 5.41) is 0. The van der Waals surface area contributed by atoms with Gasteiger partial charge in [-0.25, -0.2) is 4.57 Å². The second kappa shape index (κ2) is 37.0. The standard InChI is InChI=1S/C43H67O9P/c1-3-5-7-9-11-13-15-17-18-19-20-22-24-26-28-30-32-36-43(46)52-41(39-51-53(47,48)49)38-50-42(45)37-33-35-40(44)34-31-29-27-25-23-21-16-14-12-10-8-6-4-2/h5,7,11-14,17-18,20-23,27,29,31,34,41H,3-4,6,8-10,15-16,19,24-26,28,30,32-33,35-39H2,1-2H3,(H2,47,48,49)/b7-5-,13-11-,14-12-,18-17-,22-20-,23-21-,29-27-,34-31+/t41-/m1/s1. The molecule has 9 nitrogen and oxygen atoms in total. The second-order valence-corrected chi connectivity index (χ2v) is 13.8. The van der Waals surface area contributed by atoms with Gasteiger partial charge in [-0.15, -0.1) is 0 Å². The van der Waals surface area contributed by atoms with E-state index in [1.54, 1.807) is 6.08 Å². The molecule has 0 aliphatic heterocycles. The molecular weight excluding hydrogens is 691 g/mol. The van der Waals surface area contributed by atoms with E-state index in [1.807, 2.05) is 12.2 Å². The van der Waals surface area contributed by atoms with Gasteiger partial charge < -0.3 is 19.3 Å². The summed E-state index contributed by atoms with van der Waals surface area (Å²) in [5.41, 5.74) is 0. The van der Waals surface area contributed by atoms with Crippen LogP contribution in [0.25, 0.3) is 0 Å². The quantitative estimate of drug-likeness (QED) is 0.0164. The SMILES string of the molecule is CC/C=C\C/C=C\C/C=C\C/C=C\CCCCCCC(=O)O[C@H](COC(=O)CCCC(=O)/C=C/C=C\C/C=C\C/C=C\CCCCC)COP(=O)(O)O. The Balaban J connectivity index is 4.23. The van der Waals surface area contributed by atoms with Crippen molar-refractivity contribution in [2.24, 2.45) is 0 Å². The van der Waals surface area contributed by atoms with E-state index in [9.17, 15) is 18.9 Å². The van der Waals surface area contributed by atoms with Gasteiger partial charge in [-0.1, -0.05) is 131 Å². The maximum Gasteiger partial charge on any atom is 0.469 e. The van der Waals surface area contributed by atoms with Crippen molar-refractivity contribution >= 4 is 25.5 Å². The minimum absolute atomic E-state index is 0.0335. The molecule has 0 unspecified atom stereocenters. The zero-order valence-electron chi connectivity index (χ0n) is 32.4. The Morgan fingerprint density at radius 3 is 1.68 bits per heavy atom. The molecular formula is C43H67O9P. The summed E-state index contributed by atoms with van der Waals surface area (Å²) in [5.74, 6) is -1.30. The number of hydrogen-bond acceptors (Lipinski definition) is 7. The van der Waals surface area contributed by atoms with Crippen molar-refractivity contribution < 1.29 is 42.7 Å². The van der Waals surface area contributed by atoms with Crippen molar-refractivity contribution in [1.82, 2.24) is 0 Å². The van der Waals surface area contributed by atoms with Crippen LogP contribution in [0.3, 0.4) is 0 Å². The zero-order valence-corrected chi connectivity index (χ0v) is 33.3. The maximum absolute atomic E-state index is 12.4. The highest BCUT2D eigenvalue weighted by atomic mass is 31.2. The lowest BCUT2D eigenvalue weighted by Gasteiger charge is -2.18. The fraction of sp³-hybridized carbons (Fsp3) is 0.558. The first-order chi connectivity index (χ1) is 25.7. The molecule has 0 amide bonds. The predicted octanol–water partition coefficient (Wildman–Crippen LogP) is 11.0. The molecule has 0 fully saturated rings. The summed E-state index contributed by atoms with van der Waals surface area (Å²) in [4.78, 5) is 54.8. The van der Waals surface area contributed by atoms with Gasteiger partial charge >= 0.3 is 19.8 Å². The molecule has 0 aromatic heterocycles. The van der Waals surface area contributed by atoms with Gasteiger partial charge in [-0.3, -0.25) is 18.9 Å². The van der Waals surface area contributed by atoms with Crippen LogP contribution in [0, 0.1) is 0 Å². The van der Waals surface area contributed by atoms with Crippen LogP contribution in [-0.2, 0) is 32.9 Å². The fourth-order valence-corrected chi connectivity index (χ4v) is 5.03.